The second-order valence-corrected chi connectivity index (χ2v) is 6.03. The predicted molar refractivity (Wildman–Crippen MR) is 79.3 cm³/mol. The lowest BCUT2D eigenvalue weighted by molar-refractivity contribution is -0.142. The van der Waals surface area contributed by atoms with Crippen LogP contribution in [-0.4, -0.2) is 28.9 Å². The molecular formula is C16H17FN2O4. The van der Waals surface area contributed by atoms with Crippen molar-refractivity contribution in [1.29, 1.82) is 0 Å². The van der Waals surface area contributed by atoms with Crippen LogP contribution in [0.15, 0.2) is 18.2 Å². The summed E-state index contributed by atoms with van der Waals surface area (Å²) in [7, 11) is 0. The van der Waals surface area contributed by atoms with E-state index in [0.717, 1.165) is 6.42 Å². The Balaban J connectivity index is 1.80. The zero-order chi connectivity index (χ0) is 16.6. The summed E-state index contributed by atoms with van der Waals surface area (Å²) in [6.07, 6.45) is 1.86. The minimum atomic E-state index is -0.920. The molecule has 0 saturated heterocycles. The maximum Gasteiger partial charge on any atom is 0.308 e. The van der Waals surface area contributed by atoms with Gasteiger partial charge in [0.1, 0.15) is 5.82 Å². The molecule has 1 heterocycles. The van der Waals surface area contributed by atoms with Crippen LogP contribution in [0.4, 0.5) is 10.1 Å². The van der Waals surface area contributed by atoms with Crippen molar-refractivity contribution in [1.82, 2.24) is 5.32 Å². The number of carboxylic acid groups (broad SMARTS) is 1. The normalized spacial score (nSPS) is 26.3. The number of halogens is 1. The summed E-state index contributed by atoms with van der Waals surface area (Å²) >= 11 is 0. The Hall–Kier alpha value is -2.44. The number of aliphatic carboxylic acids is 1. The Morgan fingerprint density at radius 1 is 1.30 bits per heavy atom. The van der Waals surface area contributed by atoms with Crippen LogP contribution in [0.2, 0.25) is 0 Å². The largest absolute Gasteiger partial charge is 0.481 e. The molecule has 3 N–H and O–H groups in total. The average molecular weight is 320 g/mol. The first-order valence-electron chi connectivity index (χ1n) is 7.58. The lowest BCUT2D eigenvalue weighted by Crippen LogP contribution is -2.44. The molecule has 1 aromatic carbocycles. The van der Waals surface area contributed by atoms with E-state index in [9.17, 15) is 23.9 Å². The predicted octanol–water partition coefficient (Wildman–Crippen LogP) is 1.62. The molecule has 1 aliphatic carbocycles. The fourth-order valence-corrected chi connectivity index (χ4v) is 3.38. The molecule has 1 aliphatic heterocycles. The Morgan fingerprint density at radius 2 is 2.09 bits per heavy atom. The van der Waals surface area contributed by atoms with Crippen molar-refractivity contribution in [3.63, 3.8) is 0 Å². The molecule has 6 nitrogen and oxygen atoms in total. The maximum absolute atomic E-state index is 13.3. The van der Waals surface area contributed by atoms with Crippen molar-refractivity contribution < 1.29 is 23.9 Å². The molecule has 0 radical (unpaired) electrons. The van der Waals surface area contributed by atoms with E-state index in [-0.39, 0.29) is 18.2 Å². The first-order chi connectivity index (χ1) is 11.0. The second kappa shape index (κ2) is 5.98. The molecule has 7 heteroatoms. The number of amides is 2. The molecule has 1 unspecified atom stereocenters. The van der Waals surface area contributed by atoms with Crippen LogP contribution in [0.3, 0.4) is 0 Å². The van der Waals surface area contributed by atoms with Crippen molar-refractivity contribution >= 4 is 23.5 Å². The van der Waals surface area contributed by atoms with Crippen LogP contribution in [0.5, 0.6) is 0 Å². The minimum Gasteiger partial charge on any atom is -0.481 e. The van der Waals surface area contributed by atoms with E-state index >= 15 is 0 Å². The molecule has 3 rings (SSSR count). The fourth-order valence-electron chi connectivity index (χ4n) is 3.38. The van der Waals surface area contributed by atoms with Gasteiger partial charge in [0, 0.05) is 18.2 Å². The first-order valence-corrected chi connectivity index (χ1v) is 7.58. The van der Waals surface area contributed by atoms with Crippen molar-refractivity contribution in [2.45, 2.75) is 37.6 Å². The maximum atomic E-state index is 13.3. The monoisotopic (exact) mass is 320 g/mol. The van der Waals surface area contributed by atoms with Crippen LogP contribution >= 0.6 is 0 Å². The van der Waals surface area contributed by atoms with Gasteiger partial charge >= 0.3 is 5.97 Å². The first kappa shape index (κ1) is 15.5. The third-order valence-electron chi connectivity index (χ3n) is 4.53. The Labute approximate surface area is 132 Å². The molecule has 2 aliphatic rings. The highest BCUT2D eigenvalue weighted by atomic mass is 19.1. The number of carbonyl (C=O) groups excluding carboxylic acids is 2. The Bertz CT molecular complexity index is 676. The molecular weight excluding hydrogens is 303 g/mol. The van der Waals surface area contributed by atoms with E-state index in [2.05, 4.69) is 10.6 Å². The number of carboxylic acids is 1. The van der Waals surface area contributed by atoms with E-state index in [4.69, 9.17) is 0 Å². The number of rotatable bonds is 3. The Morgan fingerprint density at radius 3 is 2.83 bits per heavy atom. The number of anilines is 1. The summed E-state index contributed by atoms with van der Waals surface area (Å²) in [5, 5.41) is 14.5. The molecule has 0 spiro atoms. The smallest absolute Gasteiger partial charge is 0.308 e. The molecule has 0 bridgehead atoms. The highest BCUT2D eigenvalue weighted by Crippen LogP contribution is 2.34. The number of fused-ring (bicyclic) bond motifs is 1. The van der Waals surface area contributed by atoms with Crippen molar-refractivity contribution in [3.8, 4) is 0 Å². The highest BCUT2D eigenvalue weighted by molar-refractivity contribution is 6.01. The van der Waals surface area contributed by atoms with Gasteiger partial charge in [0.15, 0.2) is 0 Å². The van der Waals surface area contributed by atoms with Crippen LogP contribution < -0.4 is 10.6 Å². The molecule has 1 aromatic rings. The van der Waals surface area contributed by atoms with Gasteiger partial charge in [-0.25, -0.2) is 4.39 Å². The lowest BCUT2D eigenvalue weighted by atomic mass is 9.89. The molecule has 23 heavy (non-hydrogen) atoms. The van der Waals surface area contributed by atoms with E-state index in [1.54, 1.807) is 0 Å². The number of carbonyl (C=O) groups is 3. The molecule has 1 fully saturated rings. The third kappa shape index (κ3) is 3.04. The minimum absolute atomic E-state index is 0.0328. The standard InChI is InChI=1S/C16H17FN2O4/c17-8-4-5-9-11(7-14(20)18-13(9)6-8)15(21)19-12-3-1-2-10(12)16(22)23/h4-6,10-12H,1-3,7H2,(H,18,20)(H,19,21)(H,22,23)/t10-,11?,12+/m1/s1. The summed E-state index contributed by atoms with van der Waals surface area (Å²) in [5.74, 6) is -3.47. The van der Waals surface area contributed by atoms with Gasteiger partial charge in [0.25, 0.3) is 0 Å². The fraction of sp³-hybridized carbons (Fsp3) is 0.438. The highest BCUT2D eigenvalue weighted by Gasteiger charge is 2.37. The third-order valence-corrected chi connectivity index (χ3v) is 4.53. The van der Waals surface area contributed by atoms with Crippen LogP contribution in [-0.2, 0) is 14.4 Å². The SMILES string of the molecule is O=C1CC(C(=O)N[C@H]2CCC[C@H]2C(=O)O)c2ccc(F)cc2N1. The molecule has 122 valence electrons. The lowest BCUT2D eigenvalue weighted by Gasteiger charge is -2.27. The number of benzene rings is 1. The quantitative estimate of drug-likeness (QED) is 0.788. The van der Waals surface area contributed by atoms with Gasteiger partial charge in [-0.2, -0.15) is 0 Å². The van der Waals surface area contributed by atoms with E-state index in [1.807, 2.05) is 0 Å². The van der Waals surface area contributed by atoms with Crippen molar-refractivity contribution in [3.05, 3.63) is 29.6 Å². The second-order valence-electron chi connectivity index (χ2n) is 6.03. The van der Waals surface area contributed by atoms with Crippen LogP contribution in [0.1, 0.15) is 37.2 Å². The Kier molecular flexibility index (Phi) is 4.02. The van der Waals surface area contributed by atoms with Gasteiger partial charge in [0.2, 0.25) is 11.8 Å². The number of hydrogen-bond acceptors (Lipinski definition) is 3. The van der Waals surface area contributed by atoms with Gasteiger partial charge < -0.3 is 15.7 Å². The number of hydrogen-bond donors (Lipinski definition) is 3. The van der Waals surface area contributed by atoms with Crippen LogP contribution in [0.25, 0.3) is 0 Å². The average Bonchev–Trinajstić information content (AvgIpc) is 2.94. The van der Waals surface area contributed by atoms with Crippen molar-refractivity contribution in [2.24, 2.45) is 5.92 Å². The summed E-state index contributed by atoms with van der Waals surface area (Å²) in [6, 6.07) is 3.49. The zero-order valence-electron chi connectivity index (χ0n) is 12.3. The molecule has 3 atom stereocenters. The molecule has 0 aromatic heterocycles. The molecule has 1 saturated carbocycles. The van der Waals surface area contributed by atoms with Crippen molar-refractivity contribution in [2.75, 3.05) is 5.32 Å². The summed E-state index contributed by atoms with van der Waals surface area (Å²) < 4.78 is 13.3. The van der Waals surface area contributed by atoms with Crippen LogP contribution in [0, 0.1) is 11.7 Å². The summed E-state index contributed by atoms with van der Waals surface area (Å²) in [6.45, 7) is 0. The van der Waals surface area contributed by atoms with Gasteiger partial charge in [-0.1, -0.05) is 12.5 Å². The molecule has 2 amide bonds. The summed E-state index contributed by atoms with van der Waals surface area (Å²) in [4.78, 5) is 35.5. The van der Waals surface area contributed by atoms with Gasteiger partial charge in [-0.3, -0.25) is 14.4 Å². The van der Waals surface area contributed by atoms with Gasteiger partial charge in [-0.15, -0.1) is 0 Å². The van der Waals surface area contributed by atoms with E-state index in [1.165, 1.54) is 18.2 Å². The van der Waals surface area contributed by atoms with Gasteiger partial charge in [-0.05, 0) is 30.5 Å². The summed E-state index contributed by atoms with van der Waals surface area (Å²) in [5.41, 5.74) is 0.843. The van der Waals surface area contributed by atoms with E-state index < -0.39 is 29.7 Å². The number of nitrogens with one attached hydrogen (secondary N) is 2. The topological polar surface area (TPSA) is 95.5 Å². The van der Waals surface area contributed by atoms with Gasteiger partial charge in [0.05, 0.1) is 11.8 Å². The van der Waals surface area contributed by atoms with E-state index in [0.29, 0.717) is 24.1 Å². The zero-order valence-corrected chi connectivity index (χ0v) is 12.3.